The number of halogens is 1. The molecule has 2 aromatic rings. The second-order valence-electron chi connectivity index (χ2n) is 6.40. The summed E-state index contributed by atoms with van der Waals surface area (Å²) in [5.74, 6) is -1.03. The minimum Gasteiger partial charge on any atom is -0.324 e. The van der Waals surface area contributed by atoms with Crippen molar-refractivity contribution in [1.29, 1.82) is 0 Å². The molecule has 0 bridgehead atoms. The summed E-state index contributed by atoms with van der Waals surface area (Å²) in [6.45, 7) is -0.168. The van der Waals surface area contributed by atoms with Crippen molar-refractivity contribution in [2.45, 2.75) is 0 Å². The molecular weight excluding hydrogens is 474 g/mol. The summed E-state index contributed by atoms with van der Waals surface area (Å²) in [5.41, 5.74) is 2.13. The summed E-state index contributed by atoms with van der Waals surface area (Å²) in [7, 11) is 1.58. The number of thioether (sulfide) groups is 1. The first-order valence-corrected chi connectivity index (χ1v) is 10.6. The first kappa shape index (κ1) is 19.8. The maximum Gasteiger partial charge on any atom is 0.266 e. The van der Waals surface area contributed by atoms with Crippen LogP contribution in [0, 0.1) is 0 Å². The monoisotopic (exact) mass is 487 g/mol. The lowest BCUT2D eigenvalue weighted by atomic mass is 10.1. The number of nitrogens with one attached hydrogen (secondary N) is 1. The van der Waals surface area contributed by atoms with Gasteiger partial charge in [0.15, 0.2) is 0 Å². The van der Waals surface area contributed by atoms with Gasteiger partial charge in [0.05, 0.1) is 16.2 Å². The summed E-state index contributed by atoms with van der Waals surface area (Å²) in [6.07, 6.45) is 0. The lowest BCUT2D eigenvalue weighted by molar-refractivity contribution is -0.121. The molecule has 146 valence electrons. The highest BCUT2D eigenvalue weighted by molar-refractivity contribution is 9.10. The molecule has 0 saturated carbocycles. The first-order chi connectivity index (χ1) is 13.9. The predicted molar refractivity (Wildman–Crippen MR) is 121 cm³/mol. The van der Waals surface area contributed by atoms with E-state index in [1.54, 1.807) is 49.5 Å². The molecule has 9 heteroatoms. The Hall–Kier alpha value is -2.49. The smallest absolute Gasteiger partial charge is 0.266 e. The summed E-state index contributed by atoms with van der Waals surface area (Å²) in [5, 5.41) is 2.79. The third-order valence-electron chi connectivity index (χ3n) is 4.52. The van der Waals surface area contributed by atoms with Crippen LogP contribution in [-0.4, -0.2) is 40.5 Å². The highest BCUT2D eigenvalue weighted by Crippen LogP contribution is 2.44. The molecule has 1 saturated heterocycles. The van der Waals surface area contributed by atoms with Gasteiger partial charge in [0.25, 0.3) is 11.8 Å². The van der Waals surface area contributed by atoms with E-state index in [4.69, 9.17) is 12.2 Å². The topological polar surface area (TPSA) is 69.7 Å². The zero-order valence-electron chi connectivity index (χ0n) is 15.1. The van der Waals surface area contributed by atoms with Gasteiger partial charge < -0.3 is 5.32 Å². The van der Waals surface area contributed by atoms with Crippen LogP contribution in [0.25, 0.3) is 5.57 Å². The number of carbonyl (C=O) groups is 3. The Kier molecular flexibility index (Phi) is 5.28. The SMILES string of the molecule is CN1C(=O)C(=C2C(=O)N(CC(=O)Nc3cccc(Br)c3)c3ccccc32)SC1=S. The fourth-order valence-electron chi connectivity index (χ4n) is 3.16. The Morgan fingerprint density at radius 1 is 1.14 bits per heavy atom. The van der Waals surface area contributed by atoms with Crippen molar-refractivity contribution in [2.24, 2.45) is 0 Å². The Morgan fingerprint density at radius 2 is 1.90 bits per heavy atom. The van der Waals surface area contributed by atoms with Crippen molar-refractivity contribution >= 4 is 78.9 Å². The first-order valence-electron chi connectivity index (χ1n) is 8.57. The van der Waals surface area contributed by atoms with Crippen LogP contribution in [0.5, 0.6) is 0 Å². The van der Waals surface area contributed by atoms with E-state index in [0.29, 0.717) is 26.2 Å². The fourth-order valence-corrected chi connectivity index (χ4v) is 4.81. The van der Waals surface area contributed by atoms with Crippen LogP contribution in [0.3, 0.4) is 0 Å². The fraction of sp³-hybridized carbons (Fsp3) is 0.100. The number of nitrogens with zero attached hydrogens (tertiary/aromatic N) is 2. The van der Waals surface area contributed by atoms with Crippen LogP contribution in [0.2, 0.25) is 0 Å². The van der Waals surface area contributed by atoms with Gasteiger partial charge >= 0.3 is 0 Å². The summed E-state index contributed by atoms with van der Waals surface area (Å²) in [6, 6.07) is 14.3. The van der Waals surface area contributed by atoms with Crippen LogP contribution in [0.15, 0.2) is 57.9 Å². The lowest BCUT2D eigenvalue weighted by Crippen LogP contribution is -2.35. The number of thiocarbonyl (C=S) groups is 1. The van der Waals surface area contributed by atoms with Gasteiger partial charge in [0.2, 0.25) is 5.91 Å². The van der Waals surface area contributed by atoms with E-state index in [-0.39, 0.29) is 29.8 Å². The summed E-state index contributed by atoms with van der Waals surface area (Å²) in [4.78, 5) is 41.4. The molecule has 0 atom stereocenters. The molecule has 4 rings (SSSR count). The quantitative estimate of drug-likeness (QED) is 0.528. The van der Waals surface area contributed by atoms with Gasteiger partial charge in [-0.15, -0.1) is 0 Å². The number of amides is 3. The van der Waals surface area contributed by atoms with E-state index in [1.807, 2.05) is 6.07 Å². The van der Waals surface area contributed by atoms with Crippen LogP contribution >= 0.6 is 39.9 Å². The van der Waals surface area contributed by atoms with Gasteiger partial charge in [0.1, 0.15) is 10.9 Å². The number of carbonyl (C=O) groups excluding carboxylic acids is 3. The van der Waals surface area contributed by atoms with Gasteiger partial charge in [-0.1, -0.05) is 64.2 Å². The van der Waals surface area contributed by atoms with Crippen LogP contribution in [0.1, 0.15) is 5.56 Å². The molecule has 0 radical (unpaired) electrons. The van der Waals surface area contributed by atoms with Gasteiger partial charge in [-0.3, -0.25) is 24.2 Å². The third kappa shape index (κ3) is 3.61. The molecule has 2 aliphatic heterocycles. The van der Waals surface area contributed by atoms with Gasteiger partial charge in [-0.2, -0.15) is 0 Å². The standard InChI is InChI=1S/C20H14BrN3O3S2/c1-23-19(27)17(29-20(23)28)16-13-7-2-3-8-14(13)24(18(16)26)10-15(25)22-12-6-4-5-11(21)9-12/h2-9H,10H2,1H3,(H,22,25). The molecule has 0 spiro atoms. The van der Waals surface area contributed by atoms with E-state index >= 15 is 0 Å². The molecule has 6 nitrogen and oxygen atoms in total. The van der Waals surface area contributed by atoms with Crippen molar-refractivity contribution in [1.82, 2.24) is 4.90 Å². The Morgan fingerprint density at radius 3 is 2.59 bits per heavy atom. The number of rotatable bonds is 3. The Labute approximate surface area is 185 Å². The van der Waals surface area contributed by atoms with E-state index in [9.17, 15) is 14.4 Å². The largest absolute Gasteiger partial charge is 0.324 e. The molecule has 0 unspecified atom stereocenters. The van der Waals surface area contributed by atoms with E-state index < -0.39 is 0 Å². The van der Waals surface area contributed by atoms with Crippen LogP contribution < -0.4 is 10.2 Å². The lowest BCUT2D eigenvalue weighted by Gasteiger charge is -2.16. The van der Waals surface area contributed by atoms with Crippen LogP contribution in [-0.2, 0) is 14.4 Å². The number of hydrogen-bond donors (Lipinski definition) is 1. The molecule has 2 heterocycles. The van der Waals surface area contributed by atoms with Crippen molar-refractivity contribution in [3.8, 4) is 0 Å². The molecule has 2 aromatic carbocycles. The number of anilines is 2. The molecule has 1 fully saturated rings. The van der Waals surface area contributed by atoms with Crippen molar-refractivity contribution < 1.29 is 14.4 Å². The van der Waals surface area contributed by atoms with E-state index in [2.05, 4.69) is 21.2 Å². The molecule has 3 amide bonds. The predicted octanol–water partition coefficient (Wildman–Crippen LogP) is 3.64. The van der Waals surface area contributed by atoms with Crippen molar-refractivity contribution in [3.05, 3.63) is 63.5 Å². The zero-order chi connectivity index (χ0) is 20.7. The van der Waals surface area contributed by atoms with Gasteiger partial charge in [-0.05, 0) is 24.3 Å². The second-order valence-corrected chi connectivity index (χ2v) is 8.96. The highest BCUT2D eigenvalue weighted by atomic mass is 79.9. The summed E-state index contributed by atoms with van der Waals surface area (Å²) < 4.78 is 1.23. The maximum absolute atomic E-state index is 13.2. The Balaban J connectivity index is 1.66. The van der Waals surface area contributed by atoms with Crippen LogP contribution in [0.4, 0.5) is 11.4 Å². The number of likely N-dealkylation sites (N-methyl/N-ethyl adjacent to an activating group) is 1. The third-order valence-corrected chi connectivity index (χ3v) is 6.57. The molecule has 2 aliphatic rings. The Bertz CT molecular complexity index is 1120. The zero-order valence-corrected chi connectivity index (χ0v) is 18.4. The average molecular weight is 488 g/mol. The van der Waals surface area contributed by atoms with Crippen molar-refractivity contribution in [2.75, 3.05) is 23.8 Å². The number of fused-ring (bicyclic) bond motifs is 1. The minimum atomic E-state index is -0.385. The van der Waals surface area contributed by atoms with Gasteiger partial charge in [-0.25, -0.2) is 0 Å². The molecule has 0 aliphatic carbocycles. The maximum atomic E-state index is 13.2. The van der Waals surface area contributed by atoms with E-state index in [0.717, 1.165) is 16.2 Å². The van der Waals surface area contributed by atoms with Gasteiger partial charge in [0, 0.05) is 22.8 Å². The number of hydrogen-bond acceptors (Lipinski definition) is 5. The number of para-hydroxylation sites is 1. The van der Waals surface area contributed by atoms with Crippen molar-refractivity contribution in [3.63, 3.8) is 0 Å². The molecule has 29 heavy (non-hydrogen) atoms. The summed E-state index contributed by atoms with van der Waals surface area (Å²) >= 11 is 9.66. The minimum absolute atomic E-state index is 0.168. The highest BCUT2D eigenvalue weighted by Gasteiger charge is 2.41. The van der Waals surface area contributed by atoms with E-state index in [1.165, 1.54) is 9.80 Å². The second kappa shape index (κ2) is 7.74. The molecule has 0 aromatic heterocycles. The normalized spacial score (nSPS) is 18.5. The average Bonchev–Trinajstić information content (AvgIpc) is 3.10. The number of benzene rings is 2. The molecule has 1 N–H and O–H groups in total. The molecular formula is C20H14BrN3O3S2.